The number of amides is 4. The largest absolute Gasteiger partial charge is 0.480 e. The minimum Gasteiger partial charge on any atom is -0.480 e. The SMILES string of the molecule is CCOCCNC(=O)CCC(NC(=O)CCC(NC(=O)CCCS(=O)(=O)NC(=O)CCCc1nnn[nH]1)C(=O)O)C(=O)O. The van der Waals surface area contributed by atoms with Crippen LogP contribution in [0, 0.1) is 0 Å². The van der Waals surface area contributed by atoms with Gasteiger partial charge < -0.3 is 30.9 Å². The molecule has 242 valence electrons. The number of tetrazole rings is 1. The Hall–Kier alpha value is -4.20. The second kappa shape index (κ2) is 19.8. The minimum atomic E-state index is -4.04. The molecule has 19 nitrogen and oxygen atoms in total. The van der Waals surface area contributed by atoms with Gasteiger partial charge in [0.05, 0.1) is 12.4 Å². The van der Waals surface area contributed by atoms with Gasteiger partial charge in [-0.3, -0.25) is 23.9 Å². The molecule has 0 aliphatic carbocycles. The number of aromatic nitrogens is 4. The molecule has 43 heavy (non-hydrogen) atoms. The first kappa shape index (κ1) is 36.8. The third-order valence-electron chi connectivity index (χ3n) is 5.65. The Bertz CT molecular complexity index is 1180. The number of sulfonamides is 1. The van der Waals surface area contributed by atoms with Crippen LogP contribution in [0.4, 0.5) is 0 Å². The van der Waals surface area contributed by atoms with Gasteiger partial charge in [0.25, 0.3) is 0 Å². The van der Waals surface area contributed by atoms with Crippen molar-refractivity contribution in [2.24, 2.45) is 0 Å². The van der Waals surface area contributed by atoms with E-state index in [0.29, 0.717) is 31.9 Å². The Morgan fingerprint density at radius 1 is 0.860 bits per heavy atom. The highest BCUT2D eigenvalue weighted by molar-refractivity contribution is 7.90. The smallest absolute Gasteiger partial charge is 0.326 e. The molecule has 0 bridgehead atoms. The fourth-order valence-corrected chi connectivity index (χ4v) is 4.57. The highest BCUT2D eigenvalue weighted by Crippen LogP contribution is 2.05. The molecule has 0 radical (unpaired) electrons. The molecule has 1 heterocycles. The molecule has 1 aromatic rings. The molecular formula is C23H38N8O11S. The molecule has 0 aromatic carbocycles. The summed E-state index contributed by atoms with van der Waals surface area (Å²) in [5.41, 5.74) is 0. The van der Waals surface area contributed by atoms with Gasteiger partial charge in [0, 0.05) is 45.3 Å². The predicted octanol–water partition coefficient (Wildman–Crippen LogP) is -2.40. The molecule has 1 rings (SSSR count). The van der Waals surface area contributed by atoms with Gasteiger partial charge in [0.15, 0.2) is 0 Å². The highest BCUT2D eigenvalue weighted by Gasteiger charge is 2.25. The summed E-state index contributed by atoms with van der Waals surface area (Å²) in [5, 5.41) is 38.6. The van der Waals surface area contributed by atoms with Crippen molar-refractivity contribution in [3.63, 3.8) is 0 Å². The van der Waals surface area contributed by atoms with Crippen LogP contribution < -0.4 is 20.7 Å². The predicted molar refractivity (Wildman–Crippen MR) is 145 cm³/mol. The van der Waals surface area contributed by atoms with Gasteiger partial charge in [-0.1, -0.05) is 0 Å². The van der Waals surface area contributed by atoms with E-state index < -0.39 is 69.8 Å². The van der Waals surface area contributed by atoms with E-state index >= 15 is 0 Å². The number of nitrogens with one attached hydrogen (secondary N) is 5. The summed E-state index contributed by atoms with van der Waals surface area (Å²) in [6.45, 7) is 2.81. The second-order valence-electron chi connectivity index (χ2n) is 9.19. The summed E-state index contributed by atoms with van der Waals surface area (Å²) < 4.78 is 31.2. The maximum absolute atomic E-state index is 12.2. The van der Waals surface area contributed by atoms with Gasteiger partial charge in [0.1, 0.15) is 17.9 Å². The van der Waals surface area contributed by atoms with Crippen LogP contribution in [0.25, 0.3) is 0 Å². The van der Waals surface area contributed by atoms with Crippen molar-refractivity contribution in [3.05, 3.63) is 5.82 Å². The van der Waals surface area contributed by atoms with Crippen molar-refractivity contribution in [2.75, 3.05) is 25.5 Å². The summed E-state index contributed by atoms with van der Waals surface area (Å²) in [6, 6.07) is -2.90. The summed E-state index contributed by atoms with van der Waals surface area (Å²) in [6.07, 6.45) is -1.29. The normalized spacial score (nSPS) is 12.5. The summed E-state index contributed by atoms with van der Waals surface area (Å²) in [7, 11) is -4.04. The average Bonchev–Trinajstić information content (AvgIpc) is 3.44. The van der Waals surface area contributed by atoms with E-state index in [9.17, 15) is 47.4 Å². The zero-order chi connectivity index (χ0) is 32.3. The van der Waals surface area contributed by atoms with E-state index in [-0.39, 0.29) is 45.1 Å². The van der Waals surface area contributed by atoms with Crippen molar-refractivity contribution in [2.45, 2.75) is 76.8 Å². The van der Waals surface area contributed by atoms with Crippen LogP contribution in [0.15, 0.2) is 0 Å². The maximum Gasteiger partial charge on any atom is 0.326 e. The molecule has 0 saturated heterocycles. The number of aryl methyl sites for hydroxylation is 1. The fraction of sp³-hybridized carbons (Fsp3) is 0.696. The summed E-state index contributed by atoms with van der Waals surface area (Å²) in [4.78, 5) is 71.2. The van der Waals surface area contributed by atoms with E-state index in [4.69, 9.17) is 4.74 Å². The lowest BCUT2D eigenvalue weighted by atomic mass is 10.1. The van der Waals surface area contributed by atoms with Gasteiger partial charge in [-0.05, 0) is 43.0 Å². The molecule has 0 fully saturated rings. The Balaban J connectivity index is 2.40. The molecule has 20 heteroatoms. The molecule has 2 atom stereocenters. The molecule has 0 aliphatic heterocycles. The molecule has 7 N–H and O–H groups in total. The van der Waals surface area contributed by atoms with E-state index in [2.05, 4.69) is 36.6 Å². The summed E-state index contributed by atoms with van der Waals surface area (Å²) >= 11 is 0. The number of hydrogen-bond acceptors (Lipinski definition) is 12. The number of rotatable bonds is 23. The highest BCUT2D eigenvalue weighted by atomic mass is 32.2. The first-order valence-electron chi connectivity index (χ1n) is 13.5. The molecule has 4 amide bonds. The Morgan fingerprint density at radius 2 is 1.44 bits per heavy atom. The lowest BCUT2D eigenvalue weighted by molar-refractivity contribution is -0.143. The number of H-pyrrole nitrogens is 1. The van der Waals surface area contributed by atoms with Crippen molar-refractivity contribution in [3.8, 4) is 0 Å². The van der Waals surface area contributed by atoms with Gasteiger partial charge in [0.2, 0.25) is 33.7 Å². The summed E-state index contributed by atoms with van der Waals surface area (Å²) in [5.74, 6) is -5.74. The van der Waals surface area contributed by atoms with E-state index in [1.54, 1.807) is 6.92 Å². The van der Waals surface area contributed by atoms with Crippen LogP contribution in [0.3, 0.4) is 0 Å². The number of hydrogen-bond donors (Lipinski definition) is 7. The number of ether oxygens (including phenoxy) is 1. The molecule has 0 spiro atoms. The van der Waals surface area contributed by atoms with Crippen LogP contribution >= 0.6 is 0 Å². The minimum absolute atomic E-state index is 0.105. The van der Waals surface area contributed by atoms with Gasteiger partial charge in [-0.15, -0.1) is 5.10 Å². The van der Waals surface area contributed by atoms with E-state index in [1.165, 1.54) is 0 Å². The van der Waals surface area contributed by atoms with E-state index in [0.717, 1.165) is 0 Å². The Labute approximate surface area is 247 Å². The van der Waals surface area contributed by atoms with Gasteiger partial charge >= 0.3 is 11.9 Å². The number of nitrogens with zero attached hydrogens (tertiary/aromatic N) is 3. The zero-order valence-corrected chi connectivity index (χ0v) is 24.5. The lowest BCUT2D eigenvalue weighted by Crippen LogP contribution is -2.44. The quantitative estimate of drug-likeness (QED) is 0.0618. The van der Waals surface area contributed by atoms with Crippen LogP contribution in [-0.2, 0) is 49.9 Å². The molecular weight excluding hydrogens is 596 g/mol. The molecule has 0 saturated carbocycles. The van der Waals surface area contributed by atoms with Crippen molar-refractivity contribution in [1.29, 1.82) is 0 Å². The standard InChI is InChI=1S/C23H38N8O11S/c1-2-42-13-12-24-18(32)10-8-15(22(36)37)26-20(34)11-9-16(23(38)39)25-19(33)7-4-14-43(40,41)29-21(35)6-3-5-17-27-30-31-28-17/h15-16H,2-14H2,1H3,(H,24,32)(H,25,33)(H,26,34)(H,29,35)(H,36,37)(H,38,39)(H,27,28,30,31). The third-order valence-corrected chi connectivity index (χ3v) is 7.02. The van der Waals surface area contributed by atoms with Crippen LogP contribution in [-0.4, -0.2) is 112 Å². The topological polar surface area (TPSA) is 289 Å². The van der Waals surface area contributed by atoms with Crippen LogP contribution in [0.1, 0.15) is 64.1 Å². The van der Waals surface area contributed by atoms with Crippen LogP contribution in [0.5, 0.6) is 0 Å². The number of carboxylic acids is 2. The number of carbonyl (C=O) groups excluding carboxylic acids is 4. The van der Waals surface area contributed by atoms with Gasteiger partial charge in [-0.2, -0.15) is 0 Å². The van der Waals surface area contributed by atoms with Crippen molar-refractivity contribution < 1.29 is 52.1 Å². The monoisotopic (exact) mass is 634 g/mol. The zero-order valence-electron chi connectivity index (χ0n) is 23.7. The number of carboxylic acid groups (broad SMARTS) is 2. The molecule has 0 aliphatic rings. The lowest BCUT2D eigenvalue weighted by Gasteiger charge is -2.17. The average molecular weight is 635 g/mol. The first-order chi connectivity index (χ1) is 20.3. The first-order valence-corrected chi connectivity index (χ1v) is 15.1. The Kier molecular flexibility index (Phi) is 17.0. The molecule has 1 aromatic heterocycles. The van der Waals surface area contributed by atoms with Crippen LogP contribution in [0.2, 0.25) is 0 Å². The van der Waals surface area contributed by atoms with Crippen molar-refractivity contribution >= 4 is 45.6 Å². The Morgan fingerprint density at radius 3 is 2.00 bits per heavy atom. The number of aliphatic carboxylic acids is 2. The maximum atomic E-state index is 12.2. The molecule has 2 unspecified atom stereocenters. The van der Waals surface area contributed by atoms with Gasteiger partial charge in [-0.25, -0.2) is 23.1 Å². The third kappa shape index (κ3) is 17.4. The number of aromatic amines is 1. The number of carbonyl (C=O) groups is 6. The van der Waals surface area contributed by atoms with Crippen molar-refractivity contribution in [1.82, 2.24) is 41.3 Å². The fourth-order valence-electron chi connectivity index (χ4n) is 3.49. The second-order valence-corrected chi connectivity index (χ2v) is 11.0. The van der Waals surface area contributed by atoms with E-state index in [1.807, 2.05) is 4.72 Å².